The van der Waals surface area contributed by atoms with E-state index in [1.165, 1.54) is 24.1 Å². The van der Waals surface area contributed by atoms with Crippen LogP contribution in [-0.4, -0.2) is 51.0 Å². The first-order valence-corrected chi connectivity index (χ1v) is 14.6. The average molecular weight is 627 g/mol. The van der Waals surface area contributed by atoms with E-state index >= 15 is 0 Å². The van der Waals surface area contributed by atoms with Crippen molar-refractivity contribution in [1.82, 2.24) is 10.2 Å². The van der Waals surface area contributed by atoms with Crippen molar-refractivity contribution in [2.45, 2.75) is 19.0 Å². The lowest BCUT2D eigenvalue weighted by molar-refractivity contribution is -0.139. The summed E-state index contributed by atoms with van der Waals surface area (Å²) in [7, 11) is -2.44. The van der Waals surface area contributed by atoms with Gasteiger partial charge < -0.3 is 10.2 Å². The van der Waals surface area contributed by atoms with Crippen LogP contribution in [0.1, 0.15) is 11.1 Å². The molecule has 196 valence electrons. The quantitative estimate of drug-likeness (QED) is 0.347. The predicted molar refractivity (Wildman–Crippen MR) is 151 cm³/mol. The highest BCUT2D eigenvalue weighted by Crippen LogP contribution is 2.34. The Balaban J connectivity index is 2.06. The zero-order chi connectivity index (χ0) is 27.2. The summed E-state index contributed by atoms with van der Waals surface area (Å²) in [4.78, 5) is 28.3. The number of rotatable bonds is 10. The maximum atomic E-state index is 13.9. The molecule has 7 nitrogen and oxygen atoms in total. The van der Waals surface area contributed by atoms with E-state index in [9.17, 15) is 18.0 Å². The molecule has 3 rings (SSSR count). The summed E-state index contributed by atoms with van der Waals surface area (Å²) in [5.74, 6) is -0.954. The highest BCUT2D eigenvalue weighted by atomic mass is 79.9. The third-order valence-corrected chi connectivity index (χ3v) is 8.07. The summed E-state index contributed by atoms with van der Waals surface area (Å²) in [6, 6.07) is 20.3. The van der Waals surface area contributed by atoms with Crippen LogP contribution in [0, 0.1) is 0 Å². The molecule has 3 aromatic rings. The molecule has 37 heavy (non-hydrogen) atoms. The van der Waals surface area contributed by atoms with Gasteiger partial charge in [0.15, 0.2) is 0 Å². The van der Waals surface area contributed by atoms with Crippen LogP contribution in [0.5, 0.6) is 0 Å². The minimum atomic E-state index is -3.94. The summed E-state index contributed by atoms with van der Waals surface area (Å²) in [6.45, 7) is -0.501. The van der Waals surface area contributed by atoms with Gasteiger partial charge in [0.2, 0.25) is 21.8 Å². The standard InChI is InChI=1S/C26H26BrCl2N3O4S/c1-30-26(34)23(15-18-8-4-3-5-9-18)31(16-19-10-6-11-20(27)14-19)24(33)17-32(37(2,35)36)22-13-7-12-21(28)25(22)29/h3-14,23H,15-17H2,1-2H3,(H,30,34)/t23-/m1/s1. The van der Waals surface area contributed by atoms with Crippen LogP contribution in [0.4, 0.5) is 5.69 Å². The number of carbonyl (C=O) groups is 2. The molecule has 2 amide bonds. The second-order valence-corrected chi connectivity index (χ2v) is 11.9. The maximum absolute atomic E-state index is 13.9. The van der Waals surface area contributed by atoms with Gasteiger partial charge in [-0.2, -0.15) is 0 Å². The van der Waals surface area contributed by atoms with Crippen molar-refractivity contribution in [3.05, 3.63) is 98.4 Å². The van der Waals surface area contributed by atoms with E-state index in [0.29, 0.717) is 0 Å². The van der Waals surface area contributed by atoms with Crippen LogP contribution in [-0.2, 0) is 32.6 Å². The van der Waals surface area contributed by atoms with Crippen molar-refractivity contribution in [3.8, 4) is 0 Å². The monoisotopic (exact) mass is 625 g/mol. The zero-order valence-corrected chi connectivity index (χ0v) is 24.1. The van der Waals surface area contributed by atoms with Crippen LogP contribution in [0.3, 0.4) is 0 Å². The lowest BCUT2D eigenvalue weighted by Gasteiger charge is -2.33. The fourth-order valence-corrected chi connectivity index (χ4v) is 5.58. The number of anilines is 1. The molecule has 0 unspecified atom stereocenters. The molecule has 3 aromatic carbocycles. The number of hydrogen-bond acceptors (Lipinski definition) is 4. The summed E-state index contributed by atoms with van der Waals surface area (Å²) in [5.41, 5.74) is 1.68. The van der Waals surface area contributed by atoms with Gasteiger partial charge in [0.25, 0.3) is 0 Å². The van der Waals surface area contributed by atoms with Crippen LogP contribution in [0.25, 0.3) is 0 Å². The largest absolute Gasteiger partial charge is 0.357 e. The Kier molecular flexibility index (Phi) is 10.0. The second-order valence-electron chi connectivity index (χ2n) is 8.31. The fraction of sp³-hybridized carbons (Fsp3) is 0.231. The average Bonchev–Trinajstić information content (AvgIpc) is 2.86. The third-order valence-electron chi connectivity index (χ3n) is 5.64. The summed E-state index contributed by atoms with van der Waals surface area (Å²) >= 11 is 15.9. The van der Waals surface area contributed by atoms with Crippen LogP contribution < -0.4 is 9.62 Å². The van der Waals surface area contributed by atoms with Crippen LogP contribution in [0.2, 0.25) is 10.0 Å². The molecule has 11 heteroatoms. The second kappa shape index (κ2) is 12.8. The summed E-state index contributed by atoms with van der Waals surface area (Å²) < 4.78 is 27.3. The smallest absolute Gasteiger partial charge is 0.244 e. The number of hydrogen-bond donors (Lipinski definition) is 1. The van der Waals surface area contributed by atoms with Crippen LogP contribution >= 0.6 is 39.1 Å². The van der Waals surface area contributed by atoms with Crippen molar-refractivity contribution in [1.29, 1.82) is 0 Å². The normalized spacial score (nSPS) is 12.0. The van der Waals surface area contributed by atoms with E-state index in [-0.39, 0.29) is 34.6 Å². The minimum Gasteiger partial charge on any atom is -0.357 e. The van der Waals surface area contributed by atoms with Gasteiger partial charge in [-0.15, -0.1) is 0 Å². The first-order chi connectivity index (χ1) is 17.5. The zero-order valence-electron chi connectivity index (χ0n) is 20.2. The topological polar surface area (TPSA) is 86.8 Å². The highest BCUT2D eigenvalue weighted by molar-refractivity contribution is 9.10. The predicted octanol–water partition coefficient (Wildman–Crippen LogP) is 4.91. The molecule has 1 atom stereocenters. The van der Waals surface area contributed by atoms with E-state index in [2.05, 4.69) is 21.2 Å². The molecule has 0 saturated carbocycles. The van der Waals surface area contributed by atoms with E-state index in [1.807, 2.05) is 54.6 Å². The summed E-state index contributed by atoms with van der Waals surface area (Å²) in [5, 5.41) is 2.80. The van der Waals surface area contributed by atoms with E-state index in [4.69, 9.17) is 23.2 Å². The van der Waals surface area contributed by atoms with E-state index in [0.717, 1.165) is 26.2 Å². The lowest BCUT2D eigenvalue weighted by atomic mass is 10.0. The fourth-order valence-electron chi connectivity index (χ4n) is 3.83. The van der Waals surface area contributed by atoms with Gasteiger partial charge in [0.1, 0.15) is 12.6 Å². The molecule has 1 N–H and O–H groups in total. The van der Waals surface area contributed by atoms with E-state index in [1.54, 1.807) is 6.07 Å². The number of nitrogens with zero attached hydrogens (tertiary/aromatic N) is 2. The van der Waals surface area contributed by atoms with Gasteiger partial charge in [-0.3, -0.25) is 13.9 Å². The molecule has 0 saturated heterocycles. The Morgan fingerprint density at radius 2 is 1.62 bits per heavy atom. The Hall–Kier alpha value is -2.59. The van der Waals surface area contributed by atoms with Gasteiger partial charge in [0.05, 0.1) is 22.0 Å². The molecule has 0 bridgehead atoms. The van der Waals surface area contributed by atoms with Gasteiger partial charge in [-0.05, 0) is 35.4 Å². The number of sulfonamides is 1. The molecule has 0 aliphatic rings. The number of likely N-dealkylation sites (N-methyl/N-ethyl adjacent to an activating group) is 1. The highest BCUT2D eigenvalue weighted by Gasteiger charge is 2.33. The van der Waals surface area contributed by atoms with Crippen LogP contribution in [0.15, 0.2) is 77.3 Å². The molecule has 0 aromatic heterocycles. The summed E-state index contributed by atoms with van der Waals surface area (Å²) in [6.07, 6.45) is 1.22. The molecule has 0 fully saturated rings. The molecule has 0 spiro atoms. The van der Waals surface area contributed by atoms with Crippen molar-refractivity contribution in [2.75, 3.05) is 24.2 Å². The Morgan fingerprint density at radius 1 is 0.973 bits per heavy atom. The number of benzene rings is 3. The van der Waals surface area contributed by atoms with Gasteiger partial charge in [-0.1, -0.05) is 87.7 Å². The minimum absolute atomic E-state index is 0.00747. The van der Waals surface area contributed by atoms with Crippen molar-refractivity contribution in [3.63, 3.8) is 0 Å². The Labute approximate surface area is 235 Å². The molecular weight excluding hydrogens is 601 g/mol. The number of amides is 2. The van der Waals surface area contributed by atoms with Crippen molar-refractivity contribution >= 4 is 66.7 Å². The molecular formula is C26H26BrCl2N3O4S. The SMILES string of the molecule is CNC(=O)[C@@H](Cc1ccccc1)N(Cc1cccc(Br)c1)C(=O)CN(c1cccc(Cl)c1Cl)S(C)(=O)=O. The lowest BCUT2D eigenvalue weighted by Crippen LogP contribution is -2.52. The van der Waals surface area contributed by atoms with Gasteiger partial charge in [0, 0.05) is 24.5 Å². The Morgan fingerprint density at radius 3 is 2.24 bits per heavy atom. The van der Waals surface area contributed by atoms with Crippen molar-refractivity contribution < 1.29 is 18.0 Å². The van der Waals surface area contributed by atoms with E-state index < -0.39 is 28.5 Å². The molecule has 0 heterocycles. The number of halogens is 3. The van der Waals surface area contributed by atoms with Crippen molar-refractivity contribution in [2.24, 2.45) is 0 Å². The maximum Gasteiger partial charge on any atom is 0.244 e. The van der Waals surface area contributed by atoms with Gasteiger partial charge in [-0.25, -0.2) is 8.42 Å². The number of carbonyl (C=O) groups excluding carboxylic acids is 2. The first-order valence-electron chi connectivity index (χ1n) is 11.2. The Bertz CT molecular complexity index is 1370. The molecule has 0 aliphatic carbocycles. The molecule has 0 radical (unpaired) electrons. The number of nitrogens with one attached hydrogen (secondary N) is 1. The van der Waals surface area contributed by atoms with Gasteiger partial charge >= 0.3 is 0 Å². The molecule has 0 aliphatic heterocycles. The third kappa shape index (κ3) is 7.70. The first kappa shape index (κ1) is 29.0.